The molecule has 0 unspecified atom stereocenters. The van der Waals surface area contributed by atoms with Crippen molar-refractivity contribution in [1.29, 1.82) is 0 Å². The van der Waals surface area contributed by atoms with Crippen molar-refractivity contribution < 1.29 is 18.0 Å². The fourth-order valence-electron chi connectivity index (χ4n) is 4.49. The monoisotopic (exact) mass is 534 g/mol. The predicted molar refractivity (Wildman–Crippen MR) is 145 cm³/mol. The number of pyridine rings is 1. The zero-order valence-electron chi connectivity index (χ0n) is 21.6. The van der Waals surface area contributed by atoms with Gasteiger partial charge in [0.2, 0.25) is 21.8 Å². The van der Waals surface area contributed by atoms with Gasteiger partial charge in [0.25, 0.3) is 0 Å². The van der Waals surface area contributed by atoms with Crippen LogP contribution in [-0.4, -0.2) is 53.6 Å². The van der Waals surface area contributed by atoms with Gasteiger partial charge in [-0.2, -0.15) is 4.31 Å². The maximum absolute atomic E-state index is 13.4. The maximum Gasteiger partial charge on any atom is 0.243 e. The van der Waals surface area contributed by atoms with Gasteiger partial charge in [0.1, 0.15) is 6.04 Å². The molecule has 1 atom stereocenters. The van der Waals surface area contributed by atoms with Crippen molar-refractivity contribution in [3.05, 3.63) is 95.8 Å². The molecule has 0 radical (unpaired) electrons. The minimum atomic E-state index is -3.47. The Bertz CT molecular complexity index is 1310. The van der Waals surface area contributed by atoms with Crippen LogP contribution in [-0.2, 0) is 39.1 Å². The molecule has 0 aliphatic carbocycles. The fourth-order valence-corrected chi connectivity index (χ4v) is 6.01. The van der Waals surface area contributed by atoms with Crippen LogP contribution in [0.3, 0.4) is 0 Å². The third kappa shape index (κ3) is 7.05. The first-order valence-corrected chi connectivity index (χ1v) is 14.4. The third-order valence-electron chi connectivity index (χ3n) is 6.79. The molecule has 0 spiro atoms. The molecule has 1 aromatic heterocycles. The van der Waals surface area contributed by atoms with E-state index in [1.165, 1.54) is 4.31 Å². The number of rotatable bonds is 11. The molecule has 1 N–H and O–H groups in total. The molecule has 9 heteroatoms. The Labute approximate surface area is 224 Å². The van der Waals surface area contributed by atoms with Crippen molar-refractivity contribution in [2.75, 3.05) is 13.1 Å². The van der Waals surface area contributed by atoms with E-state index in [1.54, 1.807) is 42.3 Å². The number of sulfonamides is 1. The highest BCUT2D eigenvalue weighted by Crippen LogP contribution is 2.21. The van der Waals surface area contributed by atoms with E-state index in [0.29, 0.717) is 26.1 Å². The number of benzene rings is 2. The summed E-state index contributed by atoms with van der Waals surface area (Å²) in [6.07, 6.45) is 4.08. The summed E-state index contributed by atoms with van der Waals surface area (Å²) in [6.45, 7) is 3.44. The lowest BCUT2D eigenvalue weighted by molar-refractivity contribution is -0.140. The third-order valence-corrected chi connectivity index (χ3v) is 8.70. The topological polar surface area (TPSA) is 99.7 Å². The minimum Gasteiger partial charge on any atom is -0.349 e. The van der Waals surface area contributed by atoms with Crippen LogP contribution in [0.2, 0.25) is 0 Å². The molecule has 1 saturated heterocycles. The summed E-state index contributed by atoms with van der Waals surface area (Å²) < 4.78 is 27.1. The first kappa shape index (κ1) is 27.5. The van der Waals surface area contributed by atoms with Crippen LogP contribution in [0.1, 0.15) is 43.0 Å². The SMILES string of the molecule is C[C@@H](C(=O)NCc1ccccn1)N(Cc1ccccc1)C(=O)CCc1ccc(S(=O)(=O)N2CCCC2)cc1. The van der Waals surface area contributed by atoms with Crippen LogP contribution in [0.25, 0.3) is 0 Å². The normalized spacial score (nSPS) is 14.7. The molecule has 0 saturated carbocycles. The molecule has 3 aromatic rings. The second-order valence-corrected chi connectivity index (χ2v) is 11.4. The predicted octanol–water partition coefficient (Wildman–Crippen LogP) is 3.53. The van der Waals surface area contributed by atoms with Crippen molar-refractivity contribution in [3.8, 4) is 0 Å². The molecule has 4 rings (SSSR count). The summed E-state index contributed by atoms with van der Waals surface area (Å²) >= 11 is 0. The van der Waals surface area contributed by atoms with Crippen LogP contribution in [0.4, 0.5) is 0 Å². The lowest BCUT2D eigenvalue weighted by Gasteiger charge is -2.29. The molecule has 0 bridgehead atoms. The zero-order valence-corrected chi connectivity index (χ0v) is 22.4. The van der Waals surface area contributed by atoms with Crippen molar-refractivity contribution >= 4 is 21.8 Å². The summed E-state index contributed by atoms with van der Waals surface area (Å²) in [4.78, 5) is 32.4. The summed E-state index contributed by atoms with van der Waals surface area (Å²) in [5, 5.41) is 2.88. The molecule has 8 nitrogen and oxygen atoms in total. The Morgan fingerprint density at radius 2 is 1.63 bits per heavy atom. The Balaban J connectivity index is 1.40. The molecule has 2 heterocycles. The maximum atomic E-state index is 13.4. The van der Waals surface area contributed by atoms with E-state index in [4.69, 9.17) is 0 Å². The molecule has 38 heavy (non-hydrogen) atoms. The second-order valence-electron chi connectivity index (χ2n) is 9.48. The second kappa shape index (κ2) is 12.8. The van der Waals surface area contributed by atoms with Crippen LogP contribution >= 0.6 is 0 Å². The average molecular weight is 535 g/mol. The van der Waals surface area contributed by atoms with Crippen molar-refractivity contribution in [2.45, 2.75) is 56.6 Å². The largest absolute Gasteiger partial charge is 0.349 e. The number of hydrogen-bond donors (Lipinski definition) is 1. The molecule has 1 aliphatic heterocycles. The Kier molecular flexibility index (Phi) is 9.25. The molecular weight excluding hydrogens is 500 g/mol. The van der Waals surface area contributed by atoms with E-state index in [0.717, 1.165) is 29.7 Å². The minimum absolute atomic E-state index is 0.150. The summed E-state index contributed by atoms with van der Waals surface area (Å²) in [7, 11) is -3.47. The van der Waals surface area contributed by atoms with E-state index in [9.17, 15) is 18.0 Å². The number of carbonyl (C=O) groups is 2. The van der Waals surface area contributed by atoms with E-state index in [1.807, 2.05) is 48.5 Å². The Morgan fingerprint density at radius 1 is 0.947 bits per heavy atom. The van der Waals surface area contributed by atoms with Crippen molar-refractivity contribution in [2.24, 2.45) is 0 Å². The quantitative estimate of drug-likeness (QED) is 0.406. The van der Waals surface area contributed by atoms with Gasteiger partial charge >= 0.3 is 0 Å². The van der Waals surface area contributed by atoms with Crippen molar-refractivity contribution in [3.63, 3.8) is 0 Å². The standard InChI is InChI=1S/C29H34N4O4S/c1-23(29(35)31-21-26-11-5-6-18-30-26)33(22-25-9-3-2-4-10-25)28(34)17-14-24-12-15-27(16-13-24)38(36,37)32-19-7-8-20-32/h2-6,9-13,15-16,18,23H,7-8,14,17,19-22H2,1H3,(H,31,35)/t23-/m0/s1. The number of amides is 2. The molecular formula is C29H34N4O4S. The van der Waals surface area contributed by atoms with Gasteiger partial charge < -0.3 is 10.2 Å². The highest BCUT2D eigenvalue weighted by atomic mass is 32.2. The number of aromatic nitrogens is 1. The summed E-state index contributed by atoms with van der Waals surface area (Å²) in [6, 6.07) is 21.2. The zero-order chi connectivity index (χ0) is 27.0. The van der Waals surface area contributed by atoms with Gasteiger partial charge in [-0.1, -0.05) is 48.5 Å². The first-order valence-electron chi connectivity index (χ1n) is 12.9. The molecule has 1 fully saturated rings. The van der Waals surface area contributed by atoms with E-state index >= 15 is 0 Å². The number of aryl methyl sites for hydroxylation is 1. The lowest BCUT2D eigenvalue weighted by atomic mass is 10.1. The van der Waals surface area contributed by atoms with Gasteiger partial charge in [-0.15, -0.1) is 0 Å². The highest BCUT2D eigenvalue weighted by molar-refractivity contribution is 7.89. The van der Waals surface area contributed by atoms with Gasteiger partial charge in [0.15, 0.2) is 0 Å². The smallest absolute Gasteiger partial charge is 0.243 e. The number of nitrogens with zero attached hydrogens (tertiary/aromatic N) is 3. The fraction of sp³-hybridized carbons (Fsp3) is 0.345. The number of hydrogen-bond acceptors (Lipinski definition) is 5. The van der Waals surface area contributed by atoms with Crippen LogP contribution in [0, 0.1) is 0 Å². The van der Waals surface area contributed by atoms with Gasteiger partial charge in [-0.3, -0.25) is 14.6 Å². The number of nitrogens with one attached hydrogen (secondary N) is 1. The molecule has 2 amide bonds. The van der Waals surface area contributed by atoms with E-state index in [-0.39, 0.29) is 29.7 Å². The average Bonchev–Trinajstić information content (AvgIpc) is 3.51. The van der Waals surface area contributed by atoms with Gasteiger partial charge in [-0.25, -0.2) is 8.42 Å². The highest BCUT2D eigenvalue weighted by Gasteiger charge is 2.28. The van der Waals surface area contributed by atoms with Gasteiger partial charge in [-0.05, 0) is 61.6 Å². The van der Waals surface area contributed by atoms with Crippen LogP contribution in [0.5, 0.6) is 0 Å². The van der Waals surface area contributed by atoms with Crippen LogP contribution in [0.15, 0.2) is 83.9 Å². The molecule has 2 aromatic carbocycles. The molecule has 200 valence electrons. The van der Waals surface area contributed by atoms with Gasteiger partial charge in [0, 0.05) is 32.3 Å². The van der Waals surface area contributed by atoms with Crippen molar-refractivity contribution in [1.82, 2.24) is 19.5 Å². The molecule has 1 aliphatic rings. The number of carbonyl (C=O) groups excluding carboxylic acids is 2. The summed E-state index contributed by atoms with van der Waals surface area (Å²) in [5.41, 5.74) is 2.54. The Morgan fingerprint density at radius 3 is 2.29 bits per heavy atom. The van der Waals surface area contributed by atoms with E-state index in [2.05, 4.69) is 10.3 Å². The van der Waals surface area contributed by atoms with Crippen LogP contribution < -0.4 is 5.32 Å². The summed E-state index contributed by atoms with van der Waals surface area (Å²) in [5.74, 6) is -0.403. The lowest BCUT2D eigenvalue weighted by Crippen LogP contribution is -2.47. The first-order chi connectivity index (χ1) is 18.3. The van der Waals surface area contributed by atoms with Gasteiger partial charge in [0.05, 0.1) is 17.1 Å². The van der Waals surface area contributed by atoms with E-state index < -0.39 is 16.1 Å². The Hall–Kier alpha value is -3.56.